The highest BCUT2D eigenvalue weighted by Crippen LogP contribution is 2.25. The molecule has 0 aromatic heterocycles. The van der Waals surface area contributed by atoms with E-state index in [1.165, 1.54) is 18.2 Å². The van der Waals surface area contributed by atoms with Crippen LogP contribution in [0, 0.1) is 11.6 Å². The molecular formula is C15H11F2NO4. The maximum atomic E-state index is 13.5. The van der Waals surface area contributed by atoms with Gasteiger partial charge in [-0.15, -0.1) is 0 Å². The molecule has 2 aromatic rings. The second-order valence-corrected chi connectivity index (χ2v) is 4.50. The highest BCUT2D eigenvalue weighted by molar-refractivity contribution is 6.05. The number of phenols is 1. The van der Waals surface area contributed by atoms with Crippen molar-refractivity contribution in [1.29, 1.82) is 0 Å². The standard InChI is InChI=1S/C15H11F2NO4/c16-9-2-3-10(11(17)7-9)15(22)18-12-5-8(6-14(20)21)1-4-13(12)19/h1-5,7,19H,6H2,(H,18,22)(H,20,21). The van der Waals surface area contributed by atoms with E-state index in [0.717, 1.165) is 12.1 Å². The van der Waals surface area contributed by atoms with E-state index in [2.05, 4.69) is 5.32 Å². The summed E-state index contributed by atoms with van der Waals surface area (Å²) < 4.78 is 26.3. The predicted molar refractivity (Wildman–Crippen MR) is 73.8 cm³/mol. The van der Waals surface area contributed by atoms with Gasteiger partial charge in [-0.2, -0.15) is 0 Å². The number of carbonyl (C=O) groups is 2. The third-order valence-electron chi connectivity index (χ3n) is 2.84. The first-order valence-electron chi connectivity index (χ1n) is 6.17. The lowest BCUT2D eigenvalue weighted by molar-refractivity contribution is -0.136. The number of benzene rings is 2. The number of carboxylic acids is 1. The number of amides is 1. The zero-order valence-corrected chi connectivity index (χ0v) is 11.1. The molecule has 0 heterocycles. The number of aromatic hydroxyl groups is 1. The molecule has 0 aliphatic rings. The summed E-state index contributed by atoms with van der Waals surface area (Å²) in [5.74, 6) is -4.13. The van der Waals surface area contributed by atoms with Crippen LogP contribution in [-0.2, 0) is 11.2 Å². The third kappa shape index (κ3) is 3.57. The van der Waals surface area contributed by atoms with E-state index in [-0.39, 0.29) is 17.9 Å². The van der Waals surface area contributed by atoms with Gasteiger partial charge >= 0.3 is 5.97 Å². The summed E-state index contributed by atoms with van der Waals surface area (Å²) in [6, 6.07) is 6.34. The molecule has 0 unspecified atom stereocenters. The minimum atomic E-state index is -1.08. The van der Waals surface area contributed by atoms with Crippen molar-refractivity contribution in [3.05, 3.63) is 59.2 Å². The van der Waals surface area contributed by atoms with Crippen LogP contribution in [0.2, 0.25) is 0 Å². The Morgan fingerprint density at radius 2 is 1.82 bits per heavy atom. The van der Waals surface area contributed by atoms with Crippen molar-refractivity contribution in [2.75, 3.05) is 5.32 Å². The predicted octanol–water partition coefficient (Wildman–Crippen LogP) is 2.55. The van der Waals surface area contributed by atoms with Gasteiger partial charge in [0.1, 0.15) is 17.4 Å². The van der Waals surface area contributed by atoms with Crippen LogP contribution in [0.1, 0.15) is 15.9 Å². The van der Waals surface area contributed by atoms with Gasteiger partial charge in [0, 0.05) is 6.07 Å². The van der Waals surface area contributed by atoms with E-state index < -0.39 is 29.1 Å². The van der Waals surface area contributed by atoms with Gasteiger partial charge in [0.2, 0.25) is 0 Å². The minimum absolute atomic E-state index is 0.0625. The summed E-state index contributed by atoms with van der Waals surface area (Å²) in [6.45, 7) is 0. The Labute approximate surface area is 123 Å². The molecule has 22 heavy (non-hydrogen) atoms. The molecule has 114 valence electrons. The quantitative estimate of drug-likeness (QED) is 0.758. The first kappa shape index (κ1) is 15.4. The van der Waals surface area contributed by atoms with Crippen LogP contribution in [0.3, 0.4) is 0 Å². The van der Waals surface area contributed by atoms with Crippen molar-refractivity contribution in [3.8, 4) is 5.75 Å². The Morgan fingerprint density at radius 1 is 1.09 bits per heavy atom. The Bertz CT molecular complexity index is 746. The third-order valence-corrected chi connectivity index (χ3v) is 2.84. The van der Waals surface area contributed by atoms with Gasteiger partial charge in [0.05, 0.1) is 17.7 Å². The van der Waals surface area contributed by atoms with Crippen LogP contribution in [0.5, 0.6) is 5.75 Å². The second-order valence-electron chi connectivity index (χ2n) is 4.50. The van der Waals surface area contributed by atoms with Crippen molar-refractivity contribution in [2.45, 2.75) is 6.42 Å². The average molecular weight is 307 g/mol. The van der Waals surface area contributed by atoms with Crippen LogP contribution >= 0.6 is 0 Å². The van der Waals surface area contributed by atoms with Crippen molar-refractivity contribution >= 4 is 17.6 Å². The largest absolute Gasteiger partial charge is 0.506 e. The van der Waals surface area contributed by atoms with E-state index in [4.69, 9.17) is 5.11 Å². The highest BCUT2D eigenvalue weighted by atomic mass is 19.1. The van der Waals surface area contributed by atoms with Gasteiger partial charge in [-0.05, 0) is 29.8 Å². The Balaban J connectivity index is 2.25. The van der Waals surface area contributed by atoms with Crippen molar-refractivity contribution in [1.82, 2.24) is 0 Å². The number of hydrogen-bond acceptors (Lipinski definition) is 3. The smallest absolute Gasteiger partial charge is 0.307 e. The van der Waals surface area contributed by atoms with Crippen LogP contribution in [0.15, 0.2) is 36.4 Å². The highest BCUT2D eigenvalue weighted by Gasteiger charge is 2.15. The van der Waals surface area contributed by atoms with E-state index >= 15 is 0 Å². The Kier molecular flexibility index (Phi) is 4.36. The number of carbonyl (C=O) groups excluding carboxylic acids is 1. The van der Waals surface area contributed by atoms with Gasteiger partial charge in [0.25, 0.3) is 5.91 Å². The van der Waals surface area contributed by atoms with Crippen LogP contribution in [-0.4, -0.2) is 22.1 Å². The zero-order chi connectivity index (χ0) is 16.3. The Morgan fingerprint density at radius 3 is 2.45 bits per heavy atom. The van der Waals surface area contributed by atoms with E-state index in [0.29, 0.717) is 11.6 Å². The molecule has 7 heteroatoms. The maximum absolute atomic E-state index is 13.5. The van der Waals surface area contributed by atoms with E-state index in [9.17, 15) is 23.5 Å². The molecule has 2 aromatic carbocycles. The first-order chi connectivity index (χ1) is 10.4. The molecule has 0 atom stereocenters. The van der Waals surface area contributed by atoms with Crippen molar-refractivity contribution in [2.24, 2.45) is 0 Å². The molecule has 1 amide bonds. The fourth-order valence-electron chi connectivity index (χ4n) is 1.83. The molecule has 0 fully saturated rings. The summed E-state index contributed by atoms with van der Waals surface area (Å²) in [5.41, 5.74) is -0.114. The molecule has 0 saturated heterocycles. The second kappa shape index (κ2) is 6.21. The van der Waals surface area contributed by atoms with Gasteiger partial charge in [-0.1, -0.05) is 6.07 Å². The SMILES string of the molecule is O=C(O)Cc1ccc(O)c(NC(=O)c2ccc(F)cc2F)c1. The molecular weight excluding hydrogens is 296 g/mol. The molecule has 0 bridgehead atoms. The van der Waals surface area contributed by atoms with Gasteiger partial charge in [-0.25, -0.2) is 8.78 Å². The van der Waals surface area contributed by atoms with E-state index in [1.807, 2.05) is 0 Å². The summed E-state index contributed by atoms with van der Waals surface area (Å²) in [6.07, 6.45) is -0.298. The zero-order valence-electron chi connectivity index (χ0n) is 11.1. The fourth-order valence-corrected chi connectivity index (χ4v) is 1.83. The minimum Gasteiger partial charge on any atom is -0.506 e. The molecule has 5 nitrogen and oxygen atoms in total. The maximum Gasteiger partial charge on any atom is 0.307 e. The molecule has 0 saturated carbocycles. The normalized spacial score (nSPS) is 10.3. The molecule has 3 N–H and O–H groups in total. The summed E-state index contributed by atoms with van der Waals surface area (Å²) in [5, 5.41) is 20.6. The van der Waals surface area contributed by atoms with Gasteiger partial charge in [-0.3, -0.25) is 9.59 Å². The number of halogens is 2. The molecule has 0 aliphatic carbocycles. The lowest BCUT2D eigenvalue weighted by Crippen LogP contribution is -2.14. The van der Waals surface area contributed by atoms with Gasteiger partial charge < -0.3 is 15.5 Å². The lowest BCUT2D eigenvalue weighted by atomic mass is 10.1. The van der Waals surface area contributed by atoms with Gasteiger partial charge in [0.15, 0.2) is 0 Å². The number of nitrogens with one attached hydrogen (secondary N) is 1. The average Bonchev–Trinajstić information content (AvgIpc) is 2.41. The van der Waals surface area contributed by atoms with E-state index in [1.54, 1.807) is 0 Å². The topological polar surface area (TPSA) is 86.6 Å². The first-order valence-corrected chi connectivity index (χ1v) is 6.17. The fraction of sp³-hybridized carbons (Fsp3) is 0.0667. The number of rotatable bonds is 4. The van der Waals surface area contributed by atoms with Crippen LogP contribution in [0.4, 0.5) is 14.5 Å². The summed E-state index contributed by atoms with van der Waals surface area (Å²) in [7, 11) is 0. The molecule has 2 rings (SSSR count). The number of aliphatic carboxylic acids is 1. The monoisotopic (exact) mass is 307 g/mol. The molecule has 0 radical (unpaired) electrons. The van der Waals surface area contributed by atoms with Crippen LogP contribution in [0.25, 0.3) is 0 Å². The summed E-state index contributed by atoms with van der Waals surface area (Å²) in [4.78, 5) is 22.6. The Hall–Kier alpha value is -2.96. The van der Waals surface area contributed by atoms with Crippen molar-refractivity contribution in [3.63, 3.8) is 0 Å². The number of hydrogen-bond donors (Lipinski definition) is 3. The number of phenolic OH excluding ortho intramolecular Hbond substituents is 1. The lowest BCUT2D eigenvalue weighted by Gasteiger charge is -2.09. The molecule has 0 spiro atoms. The van der Waals surface area contributed by atoms with Crippen LogP contribution < -0.4 is 5.32 Å². The van der Waals surface area contributed by atoms with Crippen molar-refractivity contribution < 1.29 is 28.6 Å². The summed E-state index contributed by atoms with van der Waals surface area (Å²) >= 11 is 0. The number of carboxylic acid groups (broad SMARTS) is 1. The number of anilines is 1. The molecule has 0 aliphatic heterocycles.